The van der Waals surface area contributed by atoms with Crippen molar-refractivity contribution >= 4 is 18.0 Å². The molecular weight excluding hydrogens is 442 g/mol. The summed E-state index contributed by atoms with van der Waals surface area (Å²) in [6.07, 6.45) is 4.49. The van der Waals surface area contributed by atoms with Gasteiger partial charge in [0.05, 0.1) is 39.6 Å². The van der Waals surface area contributed by atoms with Crippen molar-refractivity contribution in [1.29, 1.82) is 0 Å². The van der Waals surface area contributed by atoms with Crippen molar-refractivity contribution in [3.05, 3.63) is 18.7 Å². The number of rotatable bonds is 16. The molecule has 0 fully saturated rings. The van der Waals surface area contributed by atoms with E-state index in [9.17, 15) is 19.5 Å². The molecule has 188 valence electrons. The van der Waals surface area contributed by atoms with E-state index in [-0.39, 0.29) is 65.6 Å². The van der Waals surface area contributed by atoms with E-state index in [0.717, 1.165) is 0 Å². The molecule has 13 nitrogen and oxygen atoms in total. The molecule has 0 aliphatic carbocycles. The zero-order valence-corrected chi connectivity index (χ0v) is 18.7. The van der Waals surface area contributed by atoms with Crippen LogP contribution in [0.2, 0.25) is 0 Å². The van der Waals surface area contributed by atoms with E-state index in [4.69, 9.17) is 29.5 Å². The van der Waals surface area contributed by atoms with Gasteiger partial charge in [0.15, 0.2) is 0 Å². The first-order chi connectivity index (χ1) is 15.8. The predicted molar refractivity (Wildman–Crippen MR) is 110 cm³/mol. The molecule has 0 saturated heterocycles. The van der Waals surface area contributed by atoms with Gasteiger partial charge in [-0.3, -0.25) is 14.5 Å². The monoisotopic (exact) mass is 476 g/mol. The number of nitrogens with zero attached hydrogens (tertiary/aromatic N) is 3. The fraction of sp³-hybridized carbons (Fsp3) is 0.700. The second kappa shape index (κ2) is 16.1. The van der Waals surface area contributed by atoms with Gasteiger partial charge in [-0.05, 0) is 0 Å². The summed E-state index contributed by atoms with van der Waals surface area (Å²) in [7, 11) is 1.74. The van der Waals surface area contributed by atoms with Crippen molar-refractivity contribution in [1.82, 2.24) is 9.47 Å². The Morgan fingerprint density at radius 1 is 0.939 bits per heavy atom. The molecule has 4 N–H and O–H groups in total. The molecule has 0 saturated carbocycles. The Morgan fingerprint density at radius 2 is 1.48 bits per heavy atom. The van der Waals surface area contributed by atoms with Crippen LogP contribution in [0, 0.1) is 11.8 Å². The molecule has 0 aliphatic rings. The van der Waals surface area contributed by atoms with Crippen LogP contribution in [0.3, 0.4) is 0 Å². The van der Waals surface area contributed by atoms with Crippen molar-refractivity contribution in [3.63, 3.8) is 0 Å². The summed E-state index contributed by atoms with van der Waals surface area (Å²) in [6.45, 7) is -1.74. The number of aliphatic hydroxyl groups is 4. The summed E-state index contributed by atoms with van der Waals surface area (Å²) in [5.74, 6) is -2.35. The average Bonchev–Trinajstić information content (AvgIpc) is 3.24. The van der Waals surface area contributed by atoms with Gasteiger partial charge < -0.3 is 34.6 Å². The Hall–Kier alpha value is -2.58. The minimum atomic E-state index is -0.616. The number of aromatic nitrogens is 2. The summed E-state index contributed by atoms with van der Waals surface area (Å²) in [5, 5.41) is 36.0. The second-order valence-electron chi connectivity index (χ2n) is 7.38. The molecule has 0 spiro atoms. The fourth-order valence-corrected chi connectivity index (χ4v) is 2.74. The molecular formula is C20H34N3O10+. The Balaban J connectivity index is 2.59. The summed E-state index contributed by atoms with van der Waals surface area (Å²) >= 11 is 0. The van der Waals surface area contributed by atoms with Crippen LogP contribution in [0.15, 0.2) is 18.7 Å². The van der Waals surface area contributed by atoms with E-state index in [1.807, 2.05) is 0 Å². The third-order valence-electron chi connectivity index (χ3n) is 4.64. The summed E-state index contributed by atoms with van der Waals surface area (Å²) in [6, 6.07) is -0.420. The van der Waals surface area contributed by atoms with E-state index >= 15 is 0 Å². The van der Waals surface area contributed by atoms with Gasteiger partial charge in [-0.15, -0.1) is 0 Å². The number of aliphatic hydroxyl groups excluding tert-OH is 4. The molecule has 1 atom stereocenters. The summed E-state index contributed by atoms with van der Waals surface area (Å²) in [5.41, 5.74) is 0. The molecule has 1 unspecified atom stereocenters. The molecule has 33 heavy (non-hydrogen) atoms. The Bertz CT molecular complexity index is 723. The standard InChI is InChI=1S/C20H34N3O10/c1-21-2-3-23(14-21)20(30)22(4-6-32-18(28)8-16(10-24)11-25)5-7-33-19(29)9-17(12-26)13-31-15-27/h2-3,14,16-17,24-27H,4-13,15H2,1H3/q+1. The minimum absolute atomic E-state index is 0.00382. The van der Waals surface area contributed by atoms with E-state index in [0.29, 0.717) is 0 Å². The Morgan fingerprint density at radius 3 is 1.94 bits per heavy atom. The number of aryl methyl sites for hydroxylation is 1. The second-order valence-corrected chi connectivity index (χ2v) is 7.38. The minimum Gasteiger partial charge on any atom is -0.464 e. The number of amides is 1. The first-order valence-corrected chi connectivity index (χ1v) is 10.5. The van der Waals surface area contributed by atoms with Crippen molar-refractivity contribution in [2.24, 2.45) is 18.9 Å². The highest BCUT2D eigenvalue weighted by Crippen LogP contribution is 2.06. The van der Waals surface area contributed by atoms with Gasteiger partial charge in [0.1, 0.15) is 32.4 Å². The van der Waals surface area contributed by atoms with Crippen molar-refractivity contribution < 1.29 is 53.6 Å². The van der Waals surface area contributed by atoms with Crippen LogP contribution in [0.4, 0.5) is 4.79 Å². The van der Waals surface area contributed by atoms with Gasteiger partial charge >= 0.3 is 18.0 Å². The third-order valence-corrected chi connectivity index (χ3v) is 4.64. The van der Waals surface area contributed by atoms with Gasteiger partial charge in [0.25, 0.3) is 6.33 Å². The van der Waals surface area contributed by atoms with Crippen LogP contribution < -0.4 is 4.57 Å². The highest BCUT2D eigenvalue weighted by molar-refractivity contribution is 5.76. The lowest BCUT2D eigenvalue weighted by atomic mass is 10.1. The number of hydrogen-bond donors (Lipinski definition) is 4. The first-order valence-electron chi connectivity index (χ1n) is 10.5. The van der Waals surface area contributed by atoms with Crippen LogP contribution in [-0.2, 0) is 30.8 Å². The number of carbonyl (C=O) groups is 3. The first kappa shape index (κ1) is 28.5. The van der Waals surface area contributed by atoms with Crippen molar-refractivity contribution in [2.45, 2.75) is 12.8 Å². The van der Waals surface area contributed by atoms with Gasteiger partial charge in [0, 0.05) is 31.7 Å². The van der Waals surface area contributed by atoms with E-state index in [1.54, 1.807) is 30.3 Å². The van der Waals surface area contributed by atoms with Crippen molar-refractivity contribution in [3.8, 4) is 0 Å². The molecule has 1 amide bonds. The molecule has 0 aliphatic heterocycles. The van der Waals surface area contributed by atoms with E-state index in [1.165, 1.54) is 9.47 Å². The maximum Gasteiger partial charge on any atom is 0.416 e. The predicted octanol–water partition coefficient (Wildman–Crippen LogP) is -2.37. The number of esters is 2. The highest BCUT2D eigenvalue weighted by Gasteiger charge is 2.22. The lowest BCUT2D eigenvalue weighted by Crippen LogP contribution is -2.40. The maximum absolute atomic E-state index is 12.8. The van der Waals surface area contributed by atoms with Gasteiger partial charge in [-0.1, -0.05) is 0 Å². The van der Waals surface area contributed by atoms with Gasteiger partial charge in [-0.25, -0.2) is 9.36 Å². The zero-order chi connectivity index (χ0) is 24.6. The SMILES string of the molecule is C[n+]1ccn(C(=O)N(CCOC(=O)CC(CO)CO)CCOC(=O)CC(CO)COCO)c1. The average molecular weight is 477 g/mol. The van der Waals surface area contributed by atoms with E-state index in [2.05, 4.69) is 0 Å². The Labute approximate surface area is 191 Å². The zero-order valence-electron chi connectivity index (χ0n) is 18.7. The largest absolute Gasteiger partial charge is 0.464 e. The number of hydrogen-bond acceptors (Lipinski definition) is 10. The molecule has 1 rings (SSSR count). The van der Waals surface area contributed by atoms with Crippen LogP contribution in [0.1, 0.15) is 12.8 Å². The molecule has 1 heterocycles. The highest BCUT2D eigenvalue weighted by atomic mass is 16.6. The van der Waals surface area contributed by atoms with E-state index < -0.39 is 36.6 Å². The van der Waals surface area contributed by atoms with Crippen LogP contribution in [0.25, 0.3) is 0 Å². The third kappa shape index (κ3) is 11.2. The number of ether oxygens (including phenoxy) is 3. The molecule has 0 radical (unpaired) electrons. The Kier molecular flexibility index (Phi) is 13.9. The molecule has 1 aromatic heterocycles. The molecule has 0 bridgehead atoms. The number of carbonyl (C=O) groups excluding carboxylic acids is 3. The molecule has 13 heteroatoms. The van der Waals surface area contributed by atoms with Crippen molar-refractivity contribution in [2.75, 3.05) is 59.5 Å². The summed E-state index contributed by atoms with van der Waals surface area (Å²) in [4.78, 5) is 37.9. The maximum atomic E-state index is 12.8. The smallest absolute Gasteiger partial charge is 0.416 e. The van der Waals surface area contributed by atoms with Gasteiger partial charge in [-0.2, -0.15) is 4.57 Å². The number of imidazole rings is 1. The lowest BCUT2D eigenvalue weighted by Gasteiger charge is -2.20. The van der Waals surface area contributed by atoms with Crippen LogP contribution >= 0.6 is 0 Å². The van der Waals surface area contributed by atoms with Crippen LogP contribution in [0.5, 0.6) is 0 Å². The topological polar surface area (TPSA) is 172 Å². The molecule has 1 aromatic rings. The molecule has 0 aromatic carbocycles. The lowest BCUT2D eigenvalue weighted by molar-refractivity contribution is -0.670. The summed E-state index contributed by atoms with van der Waals surface area (Å²) < 4.78 is 18.0. The normalized spacial score (nSPS) is 11.9. The fourth-order valence-electron chi connectivity index (χ4n) is 2.74. The quantitative estimate of drug-likeness (QED) is 0.115. The van der Waals surface area contributed by atoms with Crippen LogP contribution in [-0.4, -0.2) is 107 Å². The van der Waals surface area contributed by atoms with Gasteiger partial charge in [0.2, 0.25) is 0 Å².